The number of rotatable bonds is 4. The zero-order chi connectivity index (χ0) is 12.3. The Balaban J connectivity index is 0.00000162. The molecule has 1 aliphatic rings. The SMILES string of the molecule is COC1CCN(Cc2sccc2C)C(CN)C1.Cl. The first kappa shape index (κ1) is 15.9. The molecule has 1 saturated heterocycles. The monoisotopic (exact) mass is 290 g/mol. The number of nitrogens with two attached hydrogens (primary N) is 1. The van der Waals surface area contributed by atoms with Crippen molar-refractivity contribution < 1.29 is 4.74 Å². The number of thiophene rings is 1. The Morgan fingerprint density at radius 1 is 1.56 bits per heavy atom. The number of methoxy groups -OCH3 is 1. The highest BCUT2D eigenvalue weighted by Gasteiger charge is 2.27. The van der Waals surface area contributed by atoms with E-state index in [9.17, 15) is 0 Å². The predicted molar refractivity (Wildman–Crippen MR) is 79.6 cm³/mol. The molecular weight excluding hydrogens is 268 g/mol. The molecule has 0 saturated carbocycles. The van der Waals surface area contributed by atoms with Crippen molar-refractivity contribution in [3.8, 4) is 0 Å². The first-order chi connectivity index (χ1) is 8.24. The number of hydrogen-bond acceptors (Lipinski definition) is 4. The zero-order valence-corrected chi connectivity index (χ0v) is 12.7. The van der Waals surface area contributed by atoms with Gasteiger partial charge in [0.2, 0.25) is 0 Å². The second-order valence-corrected chi connectivity index (χ2v) is 5.77. The zero-order valence-electron chi connectivity index (χ0n) is 11.1. The molecule has 5 heteroatoms. The summed E-state index contributed by atoms with van der Waals surface area (Å²) in [7, 11) is 1.80. The first-order valence-electron chi connectivity index (χ1n) is 6.24. The Labute approximate surface area is 120 Å². The summed E-state index contributed by atoms with van der Waals surface area (Å²) in [6.07, 6.45) is 2.58. The van der Waals surface area contributed by atoms with E-state index < -0.39 is 0 Å². The lowest BCUT2D eigenvalue weighted by atomic mass is 9.99. The average Bonchev–Trinajstić information content (AvgIpc) is 2.75. The van der Waals surface area contributed by atoms with Crippen molar-refractivity contribution >= 4 is 23.7 Å². The first-order valence-corrected chi connectivity index (χ1v) is 7.12. The summed E-state index contributed by atoms with van der Waals surface area (Å²) in [5.74, 6) is 0. The number of halogens is 1. The smallest absolute Gasteiger partial charge is 0.0599 e. The second-order valence-electron chi connectivity index (χ2n) is 4.77. The van der Waals surface area contributed by atoms with E-state index in [2.05, 4.69) is 23.3 Å². The van der Waals surface area contributed by atoms with Crippen molar-refractivity contribution in [3.63, 3.8) is 0 Å². The molecular formula is C13H23ClN2OS. The largest absolute Gasteiger partial charge is 0.381 e. The predicted octanol–water partition coefficient (Wildman–Crippen LogP) is 2.42. The van der Waals surface area contributed by atoms with Gasteiger partial charge in [-0.1, -0.05) is 0 Å². The van der Waals surface area contributed by atoms with E-state index in [0.717, 1.165) is 32.5 Å². The highest BCUT2D eigenvalue weighted by atomic mass is 35.5. The van der Waals surface area contributed by atoms with Gasteiger partial charge in [-0.2, -0.15) is 0 Å². The minimum absolute atomic E-state index is 0. The van der Waals surface area contributed by atoms with Crippen LogP contribution in [0.15, 0.2) is 11.4 Å². The Bertz CT molecular complexity index is 359. The van der Waals surface area contributed by atoms with Gasteiger partial charge in [0, 0.05) is 37.7 Å². The Kier molecular flexibility index (Phi) is 6.60. The molecule has 2 rings (SSSR count). The molecule has 2 atom stereocenters. The van der Waals surface area contributed by atoms with Crippen LogP contribution in [0, 0.1) is 6.92 Å². The van der Waals surface area contributed by atoms with Crippen molar-refractivity contribution in [3.05, 3.63) is 21.9 Å². The topological polar surface area (TPSA) is 38.5 Å². The van der Waals surface area contributed by atoms with Crippen LogP contribution in [0.1, 0.15) is 23.3 Å². The van der Waals surface area contributed by atoms with E-state index in [1.807, 2.05) is 11.3 Å². The quantitative estimate of drug-likeness (QED) is 0.925. The Morgan fingerprint density at radius 3 is 2.89 bits per heavy atom. The Morgan fingerprint density at radius 2 is 2.33 bits per heavy atom. The molecule has 2 unspecified atom stereocenters. The molecule has 104 valence electrons. The third-order valence-electron chi connectivity index (χ3n) is 3.71. The van der Waals surface area contributed by atoms with Crippen molar-refractivity contribution in [2.75, 3.05) is 20.2 Å². The Hall–Kier alpha value is -0.130. The van der Waals surface area contributed by atoms with Crippen molar-refractivity contribution in [2.24, 2.45) is 5.73 Å². The fourth-order valence-corrected chi connectivity index (χ4v) is 3.41. The van der Waals surface area contributed by atoms with E-state index in [4.69, 9.17) is 10.5 Å². The maximum Gasteiger partial charge on any atom is 0.0599 e. The maximum atomic E-state index is 5.88. The number of ether oxygens (including phenoxy) is 1. The van der Waals surface area contributed by atoms with Crippen LogP contribution in [0.5, 0.6) is 0 Å². The highest BCUT2D eigenvalue weighted by Crippen LogP contribution is 2.24. The second kappa shape index (κ2) is 7.46. The molecule has 1 aromatic heterocycles. The lowest BCUT2D eigenvalue weighted by molar-refractivity contribution is 0.0105. The lowest BCUT2D eigenvalue weighted by Gasteiger charge is -2.38. The molecule has 3 nitrogen and oxygen atoms in total. The van der Waals surface area contributed by atoms with Crippen molar-refractivity contribution in [1.82, 2.24) is 4.90 Å². The third kappa shape index (κ3) is 3.68. The molecule has 1 fully saturated rings. The van der Waals surface area contributed by atoms with Crippen LogP contribution in [-0.4, -0.2) is 37.2 Å². The summed E-state index contributed by atoms with van der Waals surface area (Å²) in [6.45, 7) is 5.05. The van der Waals surface area contributed by atoms with Crippen LogP contribution >= 0.6 is 23.7 Å². The minimum atomic E-state index is 0. The van der Waals surface area contributed by atoms with E-state index in [0.29, 0.717) is 12.1 Å². The van der Waals surface area contributed by atoms with E-state index in [-0.39, 0.29) is 12.4 Å². The molecule has 0 bridgehead atoms. The standard InChI is InChI=1S/C13H22N2OS.ClH/c1-10-4-6-17-13(10)9-15-5-3-12(16-2)7-11(15)8-14;/h4,6,11-12H,3,5,7-9,14H2,1-2H3;1H. The van der Waals surface area contributed by atoms with Gasteiger partial charge in [0.05, 0.1) is 6.10 Å². The third-order valence-corrected chi connectivity index (χ3v) is 4.72. The number of aryl methyl sites for hydroxylation is 1. The van der Waals surface area contributed by atoms with E-state index in [1.54, 1.807) is 7.11 Å². The van der Waals surface area contributed by atoms with Gasteiger partial charge in [-0.05, 0) is 36.8 Å². The van der Waals surface area contributed by atoms with Crippen LogP contribution in [0.4, 0.5) is 0 Å². The van der Waals surface area contributed by atoms with Crippen molar-refractivity contribution in [1.29, 1.82) is 0 Å². The molecule has 0 aromatic carbocycles. The van der Waals surface area contributed by atoms with Gasteiger partial charge in [0.15, 0.2) is 0 Å². The van der Waals surface area contributed by atoms with Gasteiger partial charge >= 0.3 is 0 Å². The molecule has 18 heavy (non-hydrogen) atoms. The molecule has 0 radical (unpaired) electrons. The van der Waals surface area contributed by atoms with Crippen LogP contribution < -0.4 is 5.73 Å². The van der Waals surface area contributed by atoms with Crippen LogP contribution in [0.25, 0.3) is 0 Å². The van der Waals surface area contributed by atoms with Crippen molar-refractivity contribution in [2.45, 2.75) is 38.5 Å². The molecule has 0 amide bonds. The molecule has 0 aliphatic carbocycles. The summed E-state index contributed by atoms with van der Waals surface area (Å²) in [5.41, 5.74) is 7.29. The van der Waals surface area contributed by atoms with Gasteiger partial charge in [-0.25, -0.2) is 0 Å². The fraction of sp³-hybridized carbons (Fsp3) is 0.692. The summed E-state index contributed by atoms with van der Waals surface area (Å²) < 4.78 is 5.45. The number of nitrogens with zero attached hydrogens (tertiary/aromatic N) is 1. The fourth-order valence-electron chi connectivity index (χ4n) is 2.48. The molecule has 2 heterocycles. The normalized spacial score (nSPS) is 24.8. The van der Waals surface area contributed by atoms with Crippen LogP contribution in [0.2, 0.25) is 0 Å². The highest BCUT2D eigenvalue weighted by molar-refractivity contribution is 7.10. The number of hydrogen-bond donors (Lipinski definition) is 1. The van der Waals surface area contributed by atoms with Crippen LogP contribution in [0.3, 0.4) is 0 Å². The van der Waals surface area contributed by atoms with E-state index >= 15 is 0 Å². The lowest BCUT2D eigenvalue weighted by Crippen LogP contribution is -2.47. The molecule has 1 aromatic rings. The average molecular weight is 291 g/mol. The van der Waals surface area contributed by atoms with Crippen LogP contribution in [-0.2, 0) is 11.3 Å². The summed E-state index contributed by atoms with van der Waals surface area (Å²) in [5, 5.41) is 2.17. The minimum Gasteiger partial charge on any atom is -0.381 e. The molecule has 1 aliphatic heterocycles. The number of piperidine rings is 1. The summed E-state index contributed by atoms with van der Waals surface area (Å²) >= 11 is 1.85. The summed E-state index contributed by atoms with van der Waals surface area (Å²) in [6, 6.07) is 2.66. The van der Waals surface area contributed by atoms with Gasteiger partial charge in [0.1, 0.15) is 0 Å². The molecule has 0 spiro atoms. The molecule has 2 N–H and O–H groups in total. The maximum absolute atomic E-state index is 5.88. The van der Waals surface area contributed by atoms with Gasteiger partial charge in [-0.15, -0.1) is 23.7 Å². The van der Waals surface area contributed by atoms with E-state index in [1.165, 1.54) is 10.4 Å². The van der Waals surface area contributed by atoms with Gasteiger partial charge in [-0.3, -0.25) is 4.90 Å². The summed E-state index contributed by atoms with van der Waals surface area (Å²) in [4.78, 5) is 3.98. The van der Waals surface area contributed by atoms with Gasteiger partial charge < -0.3 is 10.5 Å². The van der Waals surface area contributed by atoms with Gasteiger partial charge in [0.25, 0.3) is 0 Å². The number of likely N-dealkylation sites (tertiary alicyclic amines) is 1.